The van der Waals surface area contributed by atoms with E-state index >= 15 is 0 Å². The molecule has 0 amide bonds. The highest BCUT2D eigenvalue weighted by Crippen LogP contribution is 2.44. The lowest BCUT2D eigenvalue weighted by Gasteiger charge is -2.15. The summed E-state index contributed by atoms with van der Waals surface area (Å²) in [4.78, 5) is 14.2. The molecule has 108 valence electrons. The van der Waals surface area contributed by atoms with Crippen LogP contribution in [0.3, 0.4) is 0 Å². The van der Waals surface area contributed by atoms with Gasteiger partial charge in [0, 0.05) is 14.1 Å². The summed E-state index contributed by atoms with van der Waals surface area (Å²) < 4.78 is 0. The van der Waals surface area contributed by atoms with Gasteiger partial charge in [0.25, 0.3) is 0 Å². The maximum absolute atomic E-state index is 9.44. The lowest BCUT2D eigenvalue weighted by Crippen LogP contribution is -2.16. The van der Waals surface area contributed by atoms with Crippen LogP contribution in [0.1, 0.15) is 18.7 Å². The molecule has 0 saturated heterocycles. The van der Waals surface area contributed by atoms with Crippen molar-refractivity contribution in [3.63, 3.8) is 0 Å². The SMILES string of the molecule is CN(C)c1nc(N)nc(/C(C#N)=C/[C@@H]2C[C@@H]3C=C[C@H]2C3)n1. The van der Waals surface area contributed by atoms with Crippen molar-refractivity contribution in [1.29, 1.82) is 5.26 Å². The van der Waals surface area contributed by atoms with E-state index in [0.29, 0.717) is 35.1 Å². The molecule has 0 aliphatic heterocycles. The smallest absolute Gasteiger partial charge is 0.230 e. The van der Waals surface area contributed by atoms with Crippen LogP contribution in [0.15, 0.2) is 18.2 Å². The number of hydrogen-bond acceptors (Lipinski definition) is 6. The molecule has 21 heavy (non-hydrogen) atoms. The highest BCUT2D eigenvalue weighted by atomic mass is 15.3. The first-order valence-corrected chi connectivity index (χ1v) is 7.06. The van der Waals surface area contributed by atoms with E-state index in [-0.39, 0.29) is 5.95 Å². The molecule has 3 rings (SSSR count). The Hall–Kier alpha value is -2.42. The van der Waals surface area contributed by atoms with E-state index in [9.17, 15) is 5.26 Å². The Bertz CT molecular complexity index is 655. The third kappa shape index (κ3) is 2.59. The molecule has 1 fully saturated rings. The summed E-state index contributed by atoms with van der Waals surface area (Å²) >= 11 is 0. The number of allylic oxidation sites excluding steroid dienone is 4. The molecule has 0 aromatic carbocycles. The van der Waals surface area contributed by atoms with E-state index < -0.39 is 0 Å². The van der Waals surface area contributed by atoms with Gasteiger partial charge in [0.2, 0.25) is 11.9 Å². The molecule has 2 aliphatic carbocycles. The van der Waals surface area contributed by atoms with E-state index in [2.05, 4.69) is 33.2 Å². The van der Waals surface area contributed by atoms with Crippen molar-refractivity contribution in [2.45, 2.75) is 12.8 Å². The summed E-state index contributed by atoms with van der Waals surface area (Å²) in [5.41, 5.74) is 6.21. The van der Waals surface area contributed by atoms with Crippen LogP contribution in [-0.4, -0.2) is 29.0 Å². The molecule has 1 aromatic rings. The van der Waals surface area contributed by atoms with Gasteiger partial charge in [0.1, 0.15) is 6.07 Å². The molecule has 6 heteroatoms. The van der Waals surface area contributed by atoms with Crippen molar-refractivity contribution in [3.05, 3.63) is 24.1 Å². The van der Waals surface area contributed by atoms with Crippen molar-refractivity contribution < 1.29 is 0 Å². The van der Waals surface area contributed by atoms with E-state index in [0.717, 1.165) is 6.42 Å². The zero-order valence-corrected chi connectivity index (χ0v) is 12.2. The zero-order valence-electron chi connectivity index (χ0n) is 12.2. The van der Waals surface area contributed by atoms with Gasteiger partial charge < -0.3 is 10.6 Å². The van der Waals surface area contributed by atoms with Crippen LogP contribution in [0.5, 0.6) is 0 Å². The van der Waals surface area contributed by atoms with Crippen molar-refractivity contribution in [2.75, 3.05) is 24.7 Å². The third-order valence-electron chi connectivity index (χ3n) is 4.11. The van der Waals surface area contributed by atoms with Crippen LogP contribution in [0.25, 0.3) is 5.57 Å². The Balaban J connectivity index is 1.93. The average Bonchev–Trinajstić information content (AvgIpc) is 3.06. The molecule has 2 bridgehead atoms. The standard InChI is InChI=1S/C15H18N6/c1-21(2)15-19-13(18-14(17)20-15)12(8-16)7-11-6-9-3-4-10(11)5-9/h3-4,7,9-11H,5-6H2,1-2H3,(H2,17,18,19,20)/b12-7+/t9-,10+,11+/m1/s1. The van der Waals surface area contributed by atoms with Gasteiger partial charge in [-0.15, -0.1) is 0 Å². The van der Waals surface area contributed by atoms with Gasteiger partial charge in [0.15, 0.2) is 5.82 Å². The number of anilines is 2. The van der Waals surface area contributed by atoms with E-state index in [4.69, 9.17) is 5.73 Å². The molecule has 2 N–H and O–H groups in total. The first-order valence-electron chi connectivity index (χ1n) is 7.06. The molecular formula is C15H18N6. The second-order valence-corrected chi connectivity index (χ2v) is 5.85. The van der Waals surface area contributed by atoms with E-state index in [1.165, 1.54) is 6.42 Å². The molecule has 6 nitrogen and oxygen atoms in total. The Kier molecular flexibility index (Phi) is 3.34. The van der Waals surface area contributed by atoms with Gasteiger partial charge in [-0.1, -0.05) is 18.2 Å². The Labute approximate surface area is 124 Å². The van der Waals surface area contributed by atoms with Crippen molar-refractivity contribution in [1.82, 2.24) is 15.0 Å². The van der Waals surface area contributed by atoms with E-state index in [1.54, 1.807) is 4.90 Å². The molecule has 0 spiro atoms. The summed E-state index contributed by atoms with van der Waals surface area (Å²) in [7, 11) is 3.66. The van der Waals surface area contributed by atoms with Gasteiger partial charge in [-0.05, 0) is 30.6 Å². The largest absolute Gasteiger partial charge is 0.368 e. The lowest BCUT2D eigenvalue weighted by atomic mass is 9.91. The van der Waals surface area contributed by atoms with Gasteiger partial charge in [-0.25, -0.2) is 0 Å². The molecule has 0 unspecified atom stereocenters. The number of aromatic nitrogens is 3. The average molecular weight is 282 g/mol. The van der Waals surface area contributed by atoms with Crippen LogP contribution in [-0.2, 0) is 0 Å². The minimum atomic E-state index is 0.137. The Morgan fingerprint density at radius 1 is 1.33 bits per heavy atom. The maximum Gasteiger partial charge on any atom is 0.230 e. The van der Waals surface area contributed by atoms with Crippen LogP contribution in [0, 0.1) is 29.1 Å². The number of nitrogens with zero attached hydrogens (tertiary/aromatic N) is 5. The number of nitrogens with two attached hydrogens (primary N) is 1. The summed E-state index contributed by atoms with van der Waals surface area (Å²) in [5, 5.41) is 9.44. The predicted octanol–water partition coefficient (Wildman–Crippen LogP) is 1.64. The van der Waals surface area contributed by atoms with Crippen LogP contribution >= 0.6 is 0 Å². The first kappa shape index (κ1) is 13.6. The fourth-order valence-corrected chi connectivity index (χ4v) is 3.09. The molecule has 2 aliphatic rings. The lowest BCUT2D eigenvalue weighted by molar-refractivity contribution is 0.551. The highest BCUT2D eigenvalue weighted by molar-refractivity contribution is 5.73. The normalized spacial score (nSPS) is 26.9. The van der Waals surface area contributed by atoms with Crippen LogP contribution in [0.2, 0.25) is 0 Å². The number of nitrogen functional groups attached to an aromatic ring is 1. The van der Waals surface area contributed by atoms with Gasteiger partial charge in [0.05, 0.1) is 5.57 Å². The summed E-state index contributed by atoms with van der Waals surface area (Å²) in [5.74, 6) is 2.57. The number of fused-ring (bicyclic) bond motifs is 2. The second-order valence-electron chi connectivity index (χ2n) is 5.85. The molecule has 1 heterocycles. The topological polar surface area (TPSA) is 91.7 Å². The van der Waals surface area contributed by atoms with E-state index in [1.807, 2.05) is 20.2 Å². The maximum atomic E-state index is 9.44. The Morgan fingerprint density at radius 2 is 2.14 bits per heavy atom. The Morgan fingerprint density at radius 3 is 2.71 bits per heavy atom. The van der Waals surface area contributed by atoms with Crippen molar-refractivity contribution in [2.24, 2.45) is 17.8 Å². The third-order valence-corrected chi connectivity index (χ3v) is 4.11. The predicted molar refractivity (Wildman–Crippen MR) is 81.0 cm³/mol. The monoisotopic (exact) mass is 282 g/mol. The second kappa shape index (κ2) is 5.17. The fourth-order valence-electron chi connectivity index (χ4n) is 3.09. The van der Waals surface area contributed by atoms with Crippen molar-refractivity contribution >= 4 is 17.5 Å². The molecule has 0 radical (unpaired) electrons. The number of rotatable bonds is 3. The summed E-state index contributed by atoms with van der Waals surface area (Å²) in [6.45, 7) is 0. The number of hydrogen-bond donors (Lipinski definition) is 1. The van der Waals surface area contributed by atoms with Crippen molar-refractivity contribution in [3.8, 4) is 6.07 Å². The van der Waals surface area contributed by atoms with Gasteiger partial charge >= 0.3 is 0 Å². The molecule has 1 aromatic heterocycles. The number of nitriles is 1. The first-order chi connectivity index (χ1) is 10.1. The quantitative estimate of drug-likeness (QED) is 0.669. The highest BCUT2D eigenvalue weighted by Gasteiger charge is 2.34. The minimum absolute atomic E-state index is 0.137. The van der Waals surface area contributed by atoms with Gasteiger partial charge in [-0.2, -0.15) is 20.2 Å². The molecule has 3 atom stereocenters. The molecular weight excluding hydrogens is 264 g/mol. The van der Waals surface area contributed by atoms with Gasteiger partial charge in [-0.3, -0.25) is 0 Å². The van der Waals surface area contributed by atoms with Crippen LogP contribution < -0.4 is 10.6 Å². The zero-order chi connectivity index (χ0) is 15.0. The van der Waals surface area contributed by atoms with Crippen LogP contribution in [0.4, 0.5) is 11.9 Å². The summed E-state index contributed by atoms with van der Waals surface area (Å²) in [6.07, 6.45) is 8.85. The minimum Gasteiger partial charge on any atom is -0.368 e. The fraction of sp³-hybridized carbons (Fsp3) is 0.467. The summed E-state index contributed by atoms with van der Waals surface area (Å²) in [6, 6.07) is 2.21. The molecule has 1 saturated carbocycles.